The molecule has 84 valence electrons. The molecule has 2 aliphatic rings. The van der Waals surface area contributed by atoms with Crippen molar-refractivity contribution in [2.45, 2.75) is 52.9 Å². The Hall–Kier alpha value is -0.520. The molecule has 0 aromatic rings. The van der Waals surface area contributed by atoms with Crippen LogP contribution in [-0.2, 0) is 0 Å². The lowest BCUT2D eigenvalue weighted by Gasteiger charge is -2.44. The van der Waals surface area contributed by atoms with Crippen molar-refractivity contribution in [1.29, 1.82) is 0 Å². The van der Waals surface area contributed by atoms with Crippen LogP contribution in [0.15, 0.2) is 23.8 Å². The second-order valence-electron chi connectivity index (χ2n) is 6.18. The molecule has 0 aromatic carbocycles. The lowest BCUT2D eigenvalue weighted by molar-refractivity contribution is 0.162. The molecule has 0 spiro atoms. The molecule has 0 radical (unpaired) electrons. The third-order valence-electron chi connectivity index (χ3n) is 4.58. The first-order chi connectivity index (χ1) is 7.00. The fourth-order valence-electron chi connectivity index (χ4n) is 3.39. The van der Waals surface area contributed by atoms with Crippen molar-refractivity contribution < 1.29 is 0 Å². The standard InChI is InChI=1S/C15H24/c1-11(2)13-8-7-12-6-5-9-15(3,4)14(12)10-13/h6,13-14H,1,5,7-10H2,2-4H3. The van der Waals surface area contributed by atoms with Gasteiger partial charge in [-0.25, -0.2) is 0 Å². The Bertz CT molecular complexity index is 293. The van der Waals surface area contributed by atoms with E-state index in [1.54, 1.807) is 5.57 Å². The normalized spacial score (nSPS) is 34.2. The Morgan fingerprint density at radius 1 is 1.47 bits per heavy atom. The predicted molar refractivity (Wildman–Crippen MR) is 66.7 cm³/mol. The zero-order valence-electron chi connectivity index (χ0n) is 10.5. The van der Waals surface area contributed by atoms with Crippen LogP contribution in [0.4, 0.5) is 0 Å². The Balaban J connectivity index is 2.18. The molecule has 0 heteroatoms. The molecule has 0 aromatic heterocycles. The Kier molecular flexibility index (Phi) is 2.79. The first-order valence-corrected chi connectivity index (χ1v) is 6.35. The summed E-state index contributed by atoms with van der Waals surface area (Å²) in [5.41, 5.74) is 3.68. The van der Waals surface area contributed by atoms with E-state index in [9.17, 15) is 0 Å². The van der Waals surface area contributed by atoms with Gasteiger partial charge < -0.3 is 0 Å². The largest absolute Gasteiger partial charge is 0.0999 e. The van der Waals surface area contributed by atoms with Crippen molar-refractivity contribution >= 4 is 0 Å². The summed E-state index contributed by atoms with van der Waals surface area (Å²) in [5, 5.41) is 0. The van der Waals surface area contributed by atoms with E-state index >= 15 is 0 Å². The Morgan fingerprint density at radius 3 is 2.87 bits per heavy atom. The van der Waals surface area contributed by atoms with Crippen LogP contribution in [0.2, 0.25) is 0 Å². The monoisotopic (exact) mass is 204 g/mol. The van der Waals surface area contributed by atoms with Crippen molar-refractivity contribution in [3.63, 3.8) is 0 Å². The number of allylic oxidation sites excluding steroid dienone is 3. The molecule has 2 rings (SSSR count). The summed E-state index contributed by atoms with van der Waals surface area (Å²) in [4.78, 5) is 0. The highest BCUT2D eigenvalue weighted by atomic mass is 14.4. The zero-order chi connectivity index (χ0) is 11.1. The topological polar surface area (TPSA) is 0 Å². The molecular weight excluding hydrogens is 180 g/mol. The molecule has 1 fully saturated rings. The summed E-state index contributed by atoms with van der Waals surface area (Å²) in [6.45, 7) is 11.2. The summed E-state index contributed by atoms with van der Waals surface area (Å²) in [5.74, 6) is 1.62. The van der Waals surface area contributed by atoms with E-state index in [0.717, 1.165) is 11.8 Å². The van der Waals surface area contributed by atoms with E-state index in [4.69, 9.17) is 0 Å². The molecule has 2 unspecified atom stereocenters. The van der Waals surface area contributed by atoms with Crippen LogP contribution in [0.25, 0.3) is 0 Å². The van der Waals surface area contributed by atoms with E-state index in [1.807, 2.05) is 0 Å². The molecule has 0 amide bonds. The molecule has 0 nitrogen and oxygen atoms in total. The van der Waals surface area contributed by atoms with Gasteiger partial charge in [-0.1, -0.05) is 37.6 Å². The lowest BCUT2D eigenvalue weighted by atomic mass is 9.61. The SMILES string of the molecule is C=C(C)C1CCC2=CCCC(C)(C)C2C1. The van der Waals surface area contributed by atoms with Crippen LogP contribution in [0, 0.1) is 17.3 Å². The minimum absolute atomic E-state index is 0.526. The first-order valence-electron chi connectivity index (χ1n) is 6.35. The molecule has 2 atom stereocenters. The third-order valence-corrected chi connectivity index (χ3v) is 4.58. The van der Waals surface area contributed by atoms with Crippen LogP contribution in [0.5, 0.6) is 0 Å². The second-order valence-corrected chi connectivity index (χ2v) is 6.18. The van der Waals surface area contributed by atoms with Crippen LogP contribution in [-0.4, -0.2) is 0 Å². The lowest BCUT2D eigenvalue weighted by Crippen LogP contribution is -2.33. The molecule has 0 bridgehead atoms. The average Bonchev–Trinajstić information content (AvgIpc) is 2.17. The van der Waals surface area contributed by atoms with Gasteiger partial charge in [0.15, 0.2) is 0 Å². The minimum Gasteiger partial charge on any atom is -0.0999 e. The summed E-state index contributed by atoms with van der Waals surface area (Å²) in [6, 6.07) is 0. The van der Waals surface area contributed by atoms with E-state index in [0.29, 0.717) is 5.41 Å². The minimum atomic E-state index is 0.526. The van der Waals surface area contributed by atoms with Gasteiger partial charge in [0.05, 0.1) is 0 Å². The van der Waals surface area contributed by atoms with Gasteiger partial charge in [0, 0.05) is 0 Å². The van der Waals surface area contributed by atoms with Gasteiger partial charge in [-0.3, -0.25) is 0 Å². The summed E-state index contributed by atoms with van der Waals surface area (Å²) in [6.07, 6.45) is 9.21. The van der Waals surface area contributed by atoms with E-state index in [2.05, 4.69) is 33.4 Å². The molecule has 1 saturated carbocycles. The fraction of sp³-hybridized carbons (Fsp3) is 0.733. The van der Waals surface area contributed by atoms with E-state index < -0.39 is 0 Å². The van der Waals surface area contributed by atoms with Gasteiger partial charge in [0.2, 0.25) is 0 Å². The maximum Gasteiger partial charge on any atom is -0.0146 e. The number of rotatable bonds is 1. The maximum absolute atomic E-state index is 4.14. The highest BCUT2D eigenvalue weighted by Crippen LogP contribution is 2.50. The van der Waals surface area contributed by atoms with Crippen molar-refractivity contribution in [3.8, 4) is 0 Å². The van der Waals surface area contributed by atoms with Crippen LogP contribution in [0.1, 0.15) is 52.9 Å². The van der Waals surface area contributed by atoms with Crippen molar-refractivity contribution in [3.05, 3.63) is 23.8 Å². The highest BCUT2D eigenvalue weighted by Gasteiger charge is 2.38. The highest BCUT2D eigenvalue weighted by molar-refractivity contribution is 5.19. The molecule has 0 aliphatic heterocycles. The summed E-state index contributed by atoms with van der Waals surface area (Å²) in [7, 11) is 0. The molecule has 15 heavy (non-hydrogen) atoms. The quantitative estimate of drug-likeness (QED) is 0.542. The van der Waals surface area contributed by atoms with Gasteiger partial charge in [-0.2, -0.15) is 0 Å². The van der Waals surface area contributed by atoms with Gasteiger partial charge in [0.25, 0.3) is 0 Å². The van der Waals surface area contributed by atoms with Crippen LogP contribution in [0.3, 0.4) is 0 Å². The zero-order valence-corrected chi connectivity index (χ0v) is 10.5. The van der Waals surface area contributed by atoms with Gasteiger partial charge >= 0.3 is 0 Å². The molecule has 0 saturated heterocycles. The number of fused-ring (bicyclic) bond motifs is 1. The third kappa shape index (κ3) is 2.04. The molecular formula is C15H24. The van der Waals surface area contributed by atoms with Gasteiger partial charge in [-0.05, 0) is 56.3 Å². The van der Waals surface area contributed by atoms with Crippen LogP contribution >= 0.6 is 0 Å². The molecule has 0 N–H and O–H groups in total. The van der Waals surface area contributed by atoms with Crippen molar-refractivity contribution in [2.24, 2.45) is 17.3 Å². The van der Waals surface area contributed by atoms with E-state index in [-0.39, 0.29) is 0 Å². The van der Waals surface area contributed by atoms with E-state index in [1.165, 1.54) is 37.7 Å². The Labute approximate surface area is 94.5 Å². The van der Waals surface area contributed by atoms with Crippen molar-refractivity contribution in [2.75, 3.05) is 0 Å². The number of hydrogen-bond acceptors (Lipinski definition) is 0. The maximum atomic E-state index is 4.14. The van der Waals surface area contributed by atoms with Gasteiger partial charge in [-0.15, -0.1) is 0 Å². The molecule has 0 heterocycles. The first kappa shape index (κ1) is 11.0. The predicted octanol–water partition coefficient (Wildman–Crippen LogP) is 4.73. The Morgan fingerprint density at radius 2 is 2.20 bits per heavy atom. The number of hydrogen-bond donors (Lipinski definition) is 0. The molecule has 2 aliphatic carbocycles. The van der Waals surface area contributed by atoms with Gasteiger partial charge in [0.1, 0.15) is 0 Å². The summed E-state index contributed by atoms with van der Waals surface area (Å²) >= 11 is 0. The fourth-order valence-corrected chi connectivity index (χ4v) is 3.39. The van der Waals surface area contributed by atoms with Crippen LogP contribution < -0.4 is 0 Å². The smallest absolute Gasteiger partial charge is 0.0146 e. The van der Waals surface area contributed by atoms with Crippen molar-refractivity contribution in [1.82, 2.24) is 0 Å². The average molecular weight is 204 g/mol. The summed E-state index contributed by atoms with van der Waals surface area (Å²) < 4.78 is 0. The second kappa shape index (κ2) is 3.81.